The Morgan fingerprint density at radius 2 is 1.93 bits per heavy atom. The number of carbonyl (C=O) groups is 1. The van der Waals surface area contributed by atoms with Gasteiger partial charge < -0.3 is 15.6 Å². The van der Waals surface area contributed by atoms with E-state index in [0.29, 0.717) is 39.3 Å². The van der Waals surface area contributed by atoms with Gasteiger partial charge in [0.15, 0.2) is 11.4 Å². The number of aromatic nitrogens is 7. The molecular weight excluding hydrogens is 506 g/mol. The third kappa shape index (κ3) is 4.33. The Morgan fingerprint density at radius 3 is 2.70 bits per heavy atom. The smallest absolute Gasteiger partial charge is 0.362 e. The first-order chi connectivity index (χ1) is 19.4. The first kappa shape index (κ1) is 24.6. The normalized spacial score (nSPS) is 11.8. The van der Waals surface area contributed by atoms with Crippen LogP contribution in [-0.2, 0) is 7.05 Å². The van der Waals surface area contributed by atoms with Crippen LogP contribution in [0.2, 0.25) is 0 Å². The predicted octanol–water partition coefficient (Wildman–Crippen LogP) is 2.05. The van der Waals surface area contributed by atoms with Crippen LogP contribution in [-0.4, -0.2) is 35.1 Å². The fraction of sp³-hybridized carbons (Fsp3) is 0.103. The summed E-state index contributed by atoms with van der Waals surface area (Å²) in [5.41, 5.74) is 8.58. The number of nitrogens with one attached hydrogen (secondary N) is 2. The number of aromatic amines is 1. The Morgan fingerprint density at radius 1 is 1.10 bits per heavy atom. The van der Waals surface area contributed by atoms with E-state index < -0.39 is 11.9 Å². The number of H-pyrrole nitrogens is 1. The van der Waals surface area contributed by atoms with E-state index in [-0.39, 0.29) is 16.9 Å². The van der Waals surface area contributed by atoms with Gasteiger partial charge in [-0.15, -0.1) is 4.52 Å². The lowest BCUT2D eigenvalue weighted by Crippen LogP contribution is -2.34. The minimum absolute atomic E-state index is 0.173. The molecule has 1 atom stereocenters. The molecule has 11 nitrogen and oxygen atoms in total. The van der Waals surface area contributed by atoms with Crippen LogP contribution in [0.15, 0.2) is 84.3 Å². The van der Waals surface area contributed by atoms with E-state index in [0.717, 1.165) is 0 Å². The van der Waals surface area contributed by atoms with Gasteiger partial charge in [0.05, 0.1) is 29.0 Å². The summed E-state index contributed by atoms with van der Waals surface area (Å²) >= 11 is 0. The standard InChI is InChI=1S/C29H23N9O2/c1-18(33-28(39)24-25(30)35-37-15-7-14-31-27(24)37)26-34-22-11-6-8-19(12-13-20-16-36(2)17-32-20)23(22)29(40)38(26)21-9-4-3-5-10-21/h3-11,14-18H,1-2H3,(H3,30,33,35,39)/p+1. The number of anilines is 1. The van der Waals surface area contributed by atoms with Crippen molar-refractivity contribution in [2.75, 3.05) is 5.73 Å². The number of hydrogen-bond donors (Lipinski definition) is 3. The summed E-state index contributed by atoms with van der Waals surface area (Å²) in [4.78, 5) is 40.9. The van der Waals surface area contributed by atoms with Crippen molar-refractivity contribution < 1.29 is 9.31 Å². The van der Waals surface area contributed by atoms with Gasteiger partial charge in [-0.3, -0.25) is 14.2 Å². The zero-order valence-electron chi connectivity index (χ0n) is 21.7. The molecule has 0 aliphatic heterocycles. The maximum atomic E-state index is 14.1. The highest BCUT2D eigenvalue weighted by Crippen LogP contribution is 2.21. The Kier molecular flexibility index (Phi) is 6.05. The molecule has 0 aliphatic carbocycles. The van der Waals surface area contributed by atoms with Gasteiger partial charge in [0, 0.05) is 24.9 Å². The second-order valence-corrected chi connectivity index (χ2v) is 9.23. The summed E-state index contributed by atoms with van der Waals surface area (Å²) in [5, 5.41) is 6.22. The fourth-order valence-corrected chi connectivity index (χ4v) is 4.59. The SMILES string of the molecule is CC(NC(=O)c1c(N)[nH][n+]2cccnc12)c1nc2cccc(C#Cc3cn(C)cn3)c2c(=O)n1-c1ccccc1. The molecule has 4 N–H and O–H groups in total. The highest BCUT2D eigenvalue weighted by Gasteiger charge is 2.27. The van der Waals surface area contributed by atoms with Crippen LogP contribution in [0.3, 0.4) is 0 Å². The molecule has 2 aromatic carbocycles. The Bertz CT molecular complexity index is 2030. The minimum Gasteiger partial charge on any atom is -0.382 e. The number of imidazole rings is 1. The van der Waals surface area contributed by atoms with Crippen molar-refractivity contribution in [3.05, 3.63) is 113 Å². The molecule has 4 heterocycles. The van der Waals surface area contributed by atoms with E-state index in [4.69, 9.17) is 10.7 Å². The predicted molar refractivity (Wildman–Crippen MR) is 149 cm³/mol. The lowest BCUT2D eigenvalue weighted by atomic mass is 10.1. The number of aryl methyl sites for hydroxylation is 1. The number of rotatable bonds is 4. The molecule has 40 heavy (non-hydrogen) atoms. The molecule has 196 valence electrons. The quantitative estimate of drug-likeness (QED) is 0.235. The van der Waals surface area contributed by atoms with E-state index >= 15 is 0 Å². The molecule has 0 radical (unpaired) electrons. The summed E-state index contributed by atoms with van der Waals surface area (Å²) < 4.78 is 4.87. The number of nitrogens with two attached hydrogens (primary N) is 1. The molecule has 0 bridgehead atoms. The van der Waals surface area contributed by atoms with Crippen molar-refractivity contribution in [1.29, 1.82) is 0 Å². The number of nitrogens with zero attached hydrogens (tertiary/aromatic N) is 6. The Labute approximate surface area is 227 Å². The second kappa shape index (κ2) is 9.85. The van der Waals surface area contributed by atoms with Crippen molar-refractivity contribution in [2.45, 2.75) is 13.0 Å². The zero-order chi connectivity index (χ0) is 27.8. The Balaban J connectivity index is 1.48. The van der Waals surface area contributed by atoms with Crippen LogP contribution < -0.4 is 21.1 Å². The van der Waals surface area contributed by atoms with Gasteiger partial charge in [-0.25, -0.2) is 15.1 Å². The Hall–Kier alpha value is -5.76. The van der Waals surface area contributed by atoms with E-state index in [1.807, 2.05) is 37.4 Å². The van der Waals surface area contributed by atoms with Gasteiger partial charge in [-0.2, -0.15) is 0 Å². The number of fused-ring (bicyclic) bond motifs is 2. The summed E-state index contributed by atoms with van der Waals surface area (Å²) in [5.74, 6) is 6.18. The molecule has 0 aliphatic rings. The number of nitrogen functional groups attached to an aromatic ring is 1. The van der Waals surface area contributed by atoms with Gasteiger partial charge in [0.1, 0.15) is 23.9 Å². The first-order valence-corrected chi connectivity index (χ1v) is 12.5. The zero-order valence-corrected chi connectivity index (χ0v) is 21.7. The fourth-order valence-electron chi connectivity index (χ4n) is 4.59. The molecule has 1 unspecified atom stereocenters. The van der Waals surface area contributed by atoms with Crippen LogP contribution in [0, 0.1) is 11.8 Å². The van der Waals surface area contributed by atoms with E-state index in [2.05, 4.69) is 32.2 Å². The summed E-state index contributed by atoms with van der Waals surface area (Å²) in [6.45, 7) is 1.77. The van der Waals surface area contributed by atoms with Crippen LogP contribution in [0.4, 0.5) is 5.82 Å². The number of benzene rings is 2. The maximum Gasteiger partial charge on any atom is 0.362 e. The minimum atomic E-state index is -0.675. The average Bonchev–Trinajstić information content (AvgIpc) is 3.53. The number of carbonyl (C=O) groups excluding carboxylic acids is 1. The molecule has 0 saturated carbocycles. The molecule has 1 amide bonds. The van der Waals surface area contributed by atoms with Gasteiger partial charge >= 0.3 is 5.65 Å². The van der Waals surface area contributed by atoms with Crippen LogP contribution in [0.5, 0.6) is 0 Å². The molecule has 0 saturated heterocycles. The van der Waals surface area contributed by atoms with Gasteiger partial charge in [-0.05, 0) is 42.1 Å². The van der Waals surface area contributed by atoms with Crippen molar-refractivity contribution in [3.8, 4) is 17.5 Å². The maximum absolute atomic E-state index is 14.1. The van der Waals surface area contributed by atoms with Gasteiger partial charge in [0.25, 0.3) is 11.5 Å². The van der Waals surface area contributed by atoms with E-state index in [1.54, 1.807) is 65.2 Å². The third-order valence-electron chi connectivity index (χ3n) is 6.41. The van der Waals surface area contributed by atoms with Crippen molar-refractivity contribution >= 4 is 28.3 Å². The highest BCUT2D eigenvalue weighted by atomic mass is 16.2. The van der Waals surface area contributed by atoms with Crippen LogP contribution >= 0.6 is 0 Å². The highest BCUT2D eigenvalue weighted by molar-refractivity contribution is 6.03. The number of hydrogen-bond acceptors (Lipinski definition) is 6. The molecule has 0 fully saturated rings. The van der Waals surface area contributed by atoms with Gasteiger partial charge in [0.2, 0.25) is 0 Å². The molecule has 6 aromatic rings. The lowest BCUT2D eigenvalue weighted by Gasteiger charge is -2.19. The van der Waals surface area contributed by atoms with Gasteiger partial charge in [-0.1, -0.05) is 30.2 Å². The van der Waals surface area contributed by atoms with Crippen LogP contribution in [0.1, 0.15) is 40.4 Å². The van der Waals surface area contributed by atoms with Crippen molar-refractivity contribution in [3.63, 3.8) is 0 Å². The summed E-state index contributed by atoms with van der Waals surface area (Å²) in [7, 11) is 1.86. The number of amides is 1. The van der Waals surface area contributed by atoms with Crippen LogP contribution in [0.25, 0.3) is 22.2 Å². The third-order valence-corrected chi connectivity index (χ3v) is 6.41. The molecule has 4 aromatic heterocycles. The molecule has 11 heteroatoms. The molecule has 6 rings (SSSR count). The molecular formula is C29H24N9O2+. The van der Waals surface area contributed by atoms with Crippen molar-refractivity contribution in [1.82, 2.24) is 34.5 Å². The summed E-state index contributed by atoms with van der Waals surface area (Å²) in [6, 6.07) is 15.5. The second-order valence-electron chi connectivity index (χ2n) is 9.23. The summed E-state index contributed by atoms with van der Waals surface area (Å²) in [6.07, 6.45) is 6.76. The van der Waals surface area contributed by atoms with E-state index in [1.165, 1.54) is 4.57 Å². The topological polar surface area (TPSA) is 141 Å². The monoisotopic (exact) mass is 530 g/mol. The van der Waals surface area contributed by atoms with Crippen molar-refractivity contribution in [2.24, 2.45) is 7.05 Å². The molecule has 0 spiro atoms. The lowest BCUT2D eigenvalue weighted by molar-refractivity contribution is -0.577. The average molecular weight is 531 g/mol. The largest absolute Gasteiger partial charge is 0.382 e. The van der Waals surface area contributed by atoms with E-state index in [9.17, 15) is 9.59 Å². The first-order valence-electron chi connectivity index (χ1n) is 12.5. The number of para-hydroxylation sites is 1.